The van der Waals surface area contributed by atoms with Crippen LogP contribution in [-0.2, 0) is 29.4 Å². The molecular formula is C14H25N3O6S2. The van der Waals surface area contributed by atoms with E-state index < -0.39 is 31.2 Å². The molecule has 0 aromatic heterocycles. The van der Waals surface area contributed by atoms with Crippen molar-refractivity contribution in [2.75, 3.05) is 50.8 Å². The van der Waals surface area contributed by atoms with Gasteiger partial charge in [0, 0.05) is 32.7 Å². The second kappa shape index (κ2) is 7.10. The molecular weight excluding hydrogens is 370 g/mol. The van der Waals surface area contributed by atoms with Crippen molar-refractivity contribution in [3.63, 3.8) is 0 Å². The van der Waals surface area contributed by atoms with Crippen molar-refractivity contribution in [2.24, 2.45) is 0 Å². The van der Waals surface area contributed by atoms with E-state index in [4.69, 9.17) is 4.74 Å². The van der Waals surface area contributed by atoms with Crippen LogP contribution in [0.1, 0.15) is 13.3 Å². The Hall–Kier alpha value is -0.750. The van der Waals surface area contributed by atoms with E-state index in [2.05, 4.69) is 5.32 Å². The van der Waals surface area contributed by atoms with Gasteiger partial charge in [-0.1, -0.05) is 0 Å². The van der Waals surface area contributed by atoms with Gasteiger partial charge in [-0.15, -0.1) is 0 Å². The quantitative estimate of drug-likeness (QED) is 0.589. The van der Waals surface area contributed by atoms with Crippen LogP contribution < -0.4 is 5.32 Å². The Morgan fingerprint density at radius 1 is 1.20 bits per heavy atom. The van der Waals surface area contributed by atoms with E-state index in [1.807, 2.05) is 6.92 Å². The van der Waals surface area contributed by atoms with E-state index >= 15 is 0 Å². The minimum Gasteiger partial charge on any atom is -0.375 e. The van der Waals surface area contributed by atoms with Gasteiger partial charge in [0.2, 0.25) is 15.9 Å². The molecule has 0 aliphatic carbocycles. The van der Waals surface area contributed by atoms with E-state index in [1.54, 1.807) is 4.90 Å². The lowest BCUT2D eigenvalue weighted by Crippen LogP contribution is -2.60. The average Bonchev–Trinajstić information content (AvgIpc) is 2.95. The molecule has 1 unspecified atom stereocenters. The van der Waals surface area contributed by atoms with Crippen LogP contribution in [0.15, 0.2) is 0 Å². The molecule has 0 bridgehead atoms. The predicted octanol–water partition coefficient (Wildman–Crippen LogP) is -1.98. The highest BCUT2D eigenvalue weighted by Crippen LogP contribution is 2.23. The highest BCUT2D eigenvalue weighted by atomic mass is 32.2. The number of carbonyl (C=O) groups excluding carboxylic acids is 1. The minimum atomic E-state index is -3.64. The van der Waals surface area contributed by atoms with Gasteiger partial charge in [-0.3, -0.25) is 4.79 Å². The van der Waals surface area contributed by atoms with Gasteiger partial charge in [-0.2, -0.15) is 4.31 Å². The third-order valence-corrected chi connectivity index (χ3v) is 9.41. The third-order valence-electron chi connectivity index (χ3n) is 5.10. The molecule has 25 heavy (non-hydrogen) atoms. The smallest absolute Gasteiger partial charge is 0.242 e. The van der Waals surface area contributed by atoms with Crippen molar-refractivity contribution in [1.82, 2.24) is 14.5 Å². The molecule has 0 aromatic rings. The Morgan fingerprint density at radius 2 is 1.88 bits per heavy atom. The van der Waals surface area contributed by atoms with Crippen LogP contribution in [0.2, 0.25) is 0 Å². The van der Waals surface area contributed by atoms with Gasteiger partial charge in [0.1, 0.15) is 6.04 Å². The first-order chi connectivity index (χ1) is 11.7. The zero-order chi connectivity index (χ0) is 18.2. The van der Waals surface area contributed by atoms with Crippen LogP contribution in [0.25, 0.3) is 0 Å². The summed E-state index contributed by atoms with van der Waals surface area (Å²) >= 11 is 0. The molecule has 3 saturated heterocycles. The number of sulfonamides is 1. The average molecular weight is 396 g/mol. The number of carbonyl (C=O) groups is 1. The van der Waals surface area contributed by atoms with Crippen LogP contribution in [0.4, 0.5) is 0 Å². The summed E-state index contributed by atoms with van der Waals surface area (Å²) in [7, 11) is -6.90. The maximum absolute atomic E-state index is 12.6. The minimum absolute atomic E-state index is 0.0689. The normalized spacial score (nSPS) is 34.1. The summed E-state index contributed by atoms with van der Waals surface area (Å²) in [6.07, 6.45) is -0.0586. The second-order valence-corrected chi connectivity index (χ2v) is 11.2. The number of rotatable bonds is 3. The Kier molecular flexibility index (Phi) is 5.41. The van der Waals surface area contributed by atoms with E-state index in [0.29, 0.717) is 26.2 Å². The second-order valence-electron chi connectivity index (χ2n) is 6.80. The van der Waals surface area contributed by atoms with Crippen molar-refractivity contribution in [3.8, 4) is 0 Å². The van der Waals surface area contributed by atoms with Crippen molar-refractivity contribution in [2.45, 2.75) is 30.7 Å². The van der Waals surface area contributed by atoms with Crippen LogP contribution in [-0.4, -0.2) is 100 Å². The number of hydrogen-bond acceptors (Lipinski definition) is 7. The molecule has 3 heterocycles. The molecule has 3 aliphatic heterocycles. The lowest BCUT2D eigenvalue weighted by molar-refractivity contribution is -0.140. The monoisotopic (exact) mass is 395 g/mol. The third kappa shape index (κ3) is 4.00. The fraction of sp³-hybridized carbons (Fsp3) is 0.929. The number of morpholine rings is 1. The summed E-state index contributed by atoms with van der Waals surface area (Å²) in [5.41, 5.74) is 0. The molecule has 11 heteroatoms. The molecule has 0 radical (unpaired) electrons. The lowest BCUT2D eigenvalue weighted by atomic mass is 10.1. The Morgan fingerprint density at radius 3 is 2.44 bits per heavy atom. The maximum Gasteiger partial charge on any atom is 0.242 e. The summed E-state index contributed by atoms with van der Waals surface area (Å²) in [6, 6.07) is -0.406. The topological polar surface area (TPSA) is 113 Å². The molecule has 3 aliphatic rings. The Balaban J connectivity index is 1.59. The maximum atomic E-state index is 12.6. The summed E-state index contributed by atoms with van der Waals surface area (Å²) in [4.78, 5) is 14.3. The molecule has 0 aromatic carbocycles. The zero-order valence-corrected chi connectivity index (χ0v) is 15.9. The van der Waals surface area contributed by atoms with Gasteiger partial charge in [-0.05, 0) is 13.3 Å². The molecule has 1 N–H and O–H groups in total. The standard InChI is InChI=1S/C14H25N3O6S2/c1-11-13(15-3-8-23-11)14(18)16-4-6-17(7-5-16)25(21,22)12-2-9-24(19,20)10-12/h11-13,15H,2-10H2,1H3/t11-,12?,13+/m1/s1. The first-order valence-corrected chi connectivity index (χ1v) is 11.9. The first kappa shape index (κ1) is 19.0. The van der Waals surface area contributed by atoms with Crippen LogP contribution in [0, 0.1) is 0 Å². The fourth-order valence-electron chi connectivity index (χ4n) is 3.58. The molecule has 144 valence electrons. The van der Waals surface area contributed by atoms with Gasteiger partial charge in [-0.25, -0.2) is 16.8 Å². The number of hydrogen-bond donors (Lipinski definition) is 1. The Labute approximate surface area is 148 Å². The van der Waals surface area contributed by atoms with Crippen molar-refractivity contribution >= 4 is 25.8 Å². The SMILES string of the molecule is C[C@H]1OCCN[C@@H]1C(=O)N1CCN(S(=O)(=O)C2CCS(=O)(=O)C2)CC1. The largest absolute Gasteiger partial charge is 0.375 e. The van der Waals surface area contributed by atoms with E-state index in [-0.39, 0.29) is 43.0 Å². The van der Waals surface area contributed by atoms with Crippen LogP contribution in [0.5, 0.6) is 0 Å². The van der Waals surface area contributed by atoms with Gasteiger partial charge in [0.15, 0.2) is 9.84 Å². The summed E-state index contributed by atoms with van der Waals surface area (Å²) in [6.45, 7) is 4.05. The summed E-state index contributed by atoms with van der Waals surface area (Å²) in [5, 5.41) is 2.29. The number of nitrogens with one attached hydrogen (secondary N) is 1. The van der Waals surface area contributed by atoms with Gasteiger partial charge < -0.3 is 15.0 Å². The van der Waals surface area contributed by atoms with Crippen molar-refractivity contribution in [1.29, 1.82) is 0 Å². The van der Waals surface area contributed by atoms with Gasteiger partial charge in [0.25, 0.3) is 0 Å². The molecule has 3 atom stereocenters. The van der Waals surface area contributed by atoms with Gasteiger partial charge in [0.05, 0.1) is 29.5 Å². The lowest BCUT2D eigenvalue weighted by Gasteiger charge is -2.38. The molecule has 3 fully saturated rings. The van der Waals surface area contributed by atoms with E-state index in [9.17, 15) is 21.6 Å². The highest BCUT2D eigenvalue weighted by molar-refractivity contribution is 7.95. The molecule has 0 saturated carbocycles. The summed E-state index contributed by atoms with van der Waals surface area (Å²) in [5.74, 6) is -0.441. The van der Waals surface area contributed by atoms with E-state index in [0.717, 1.165) is 0 Å². The fourth-order valence-corrected chi connectivity index (χ4v) is 8.09. The number of ether oxygens (including phenoxy) is 1. The van der Waals surface area contributed by atoms with Crippen molar-refractivity contribution < 1.29 is 26.4 Å². The summed E-state index contributed by atoms with van der Waals surface area (Å²) < 4.78 is 55.2. The number of sulfone groups is 1. The van der Waals surface area contributed by atoms with Crippen LogP contribution >= 0.6 is 0 Å². The highest BCUT2D eigenvalue weighted by Gasteiger charge is 2.42. The number of amides is 1. The van der Waals surface area contributed by atoms with Crippen LogP contribution in [0.3, 0.4) is 0 Å². The zero-order valence-electron chi connectivity index (χ0n) is 14.3. The molecule has 1 amide bonds. The Bertz CT molecular complexity index is 715. The van der Waals surface area contributed by atoms with Crippen molar-refractivity contribution in [3.05, 3.63) is 0 Å². The molecule has 9 nitrogen and oxygen atoms in total. The molecule has 0 spiro atoms. The van der Waals surface area contributed by atoms with Gasteiger partial charge >= 0.3 is 0 Å². The van der Waals surface area contributed by atoms with E-state index in [1.165, 1.54) is 4.31 Å². The number of piperazine rings is 1. The number of nitrogens with zero attached hydrogens (tertiary/aromatic N) is 2. The predicted molar refractivity (Wildman–Crippen MR) is 91.3 cm³/mol. The first-order valence-electron chi connectivity index (χ1n) is 8.54. The molecule has 3 rings (SSSR count).